The first kappa shape index (κ1) is 20.6. The number of unbranched alkanes of at least 4 members (excludes halogenated alkanes) is 3. The Bertz CT molecular complexity index is 530. The molecule has 0 radical (unpaired) electrons. The van der Waals surface area contributed by atoms with Crippen LogP contribution in [0.4, 0.5) is 10.5 Å². The van der Waals surface area contributed by atoms with Gasteiger partial charge in [-0.25, -0.2) is 4.79 Å². The van der Waals surface area contributed by atoms with Crippen molar-refractivity contribution >= 4 is 11.8 Å². The number of ether oxygens (including phenoxy) is 2. The molecule has 146 valence electrons. The minimum Gasteiger partial charge on any atom is -0.494 e. The number of nitrogens with zero attached hydrogens (tertiary/aromatic N) is 1. The first-order valence-electron chi connectivity index (χ1n) is 10.1. The molecular weight excluding hydrogens is 328 g/mol. The normalized spacial score (nSPS) is 16.1. The lowest BCUT2D eigenvalue weighted by molar-refractivity contribution is 0.0833. The van der Waals surface area contributed by atoms with Crippen molar-refractivity contribution < 1.29 is 14.3 Å². The van der Waals surface area contributed by atoms with Gasteiger partial charge < -0.3 is 9.47 Å². The fraction of sp³-hybridized carbons (Fsp3) is 0.667. The van der Waals surface area contributed by atoms with E-state index in [1.807, 2.05) is 31.2 Å². The molecule has 0 bridgehead atoms. The highest BCUT2D eigenvalue weighted by atomic mass is 16.6. The second-order valence-electron chi connectivity index (χ2n) is 7.14. The SMILES string of the molecule is CCCCCCOc1cccc(NC(=O)O[C@H](C)CN2CCCCC2)c1. The van der Waals surface area contributed by atoms with Gasteiger partial charge in [-0.05, 0) is 51.4 Å². The number of nitrogens with one attached hydrogen (secondary N) is 1. The van der Waals surface area contributed by atoms with Crippen LogP contribution in [0.5, 0.6) is 5.75 Å². The topological polar surface area (TPSA) is 50.8 Å². The summed E-state index contributed by atoms with van der Waals surface area (Å²) in [7, 11) is 0. The molecule has 1 heterocycles. The Labute approximate surface area is 158 Å². The Morgan fingerprint density at radius 1 is 1.19 bits per heavy atom. The van der Waals surface area contributed by atoms with Crippen molar-refractivity contribution in [2.24, 2.45) is 0 Å². The first-order chi connectivity index (χ1) is 12.7. The van der Waals surface area contributed by atoms with E-state index in [2.05, 4.69) is 17.1 Å². The Morgan fingerprint density at radius 2 is 2.00 bits per heavy atom. The van der Waals surface area contributed by atoms with Crippen LogP contribution in [0.25, 0.3) is 0 Å². The average Bonchev–Trinajstić information content (AvgIpc) is 2.62. The van der Waals surface area contributed by atoms with Gasteiger partial charge in [-0.15, -0.1) is 0 Å². The lowest BCUT2D eigenvalue weighted by Gasteiger charge is -2.28. The van der Waals surface area contributed by atoms with Gasteiger partial charge in [0.25, 0.3) is 0 Å². The Hall–Kier alpha value is -1.75. The predicted molar refractivity (Wildman–Crippen MR) is 106 cm³/mol. The highest BCUT2D eigenvalue weighted by molar-refractivity contribution is 5.84. The number of hydrogen-bond donors (Lipinski definition) is 1. The molecule has 0 aromatic heterocycles. The maximum atomic E-state index is 12.1. The van der Waals surface area contributed by atoms with E-state index in [0.717, 1.165) is 31.8 Å². The molecule has 1 amide bonds. The molecule has 2 rings (SSSR count). The number of anilines is 1. The van der Waals surface area contributed by atoms with Crippen molar-refractivity contribution in [1.29, 1.82) is 0 Å². The van der Waals surface area contributed by atoms with Gasteiger partial charge in [-0.1, -0.05) is 38.7 Å². The zero-order valence-electron chi connectivity index (χ0n) is 16.3. The second kappa shape index (κ2) is 11.8. The standard InChI is InChI=1S/C21H34N2O3/c1-3-4-5-9-15-25-20-12-10-11-19(16-20)22-21(24)26-18(2)17-23-13-7-6-8-14-23/h10-12,16,18H,3-9,13-15,17H2,1-2H3,(H,22,24)/t18-/m1/s1. The number of likely N-dealkylation sites (tertiary alicyclic amines) is 1. The largest absolute Gasteiger partial charge is 0.494 e. The van der Waals surface area contributed by atoms with Crippen LogP contribution in [0.3, 0.4) is 0 Å². The molecule has 5 nitrogen and oxygen atoms in total. The van der Waals surface area contributed by atoms with E-state index in [4.69, 9.17) is 9.47 Å². The van der Waals surface area contributed by atoms with E-state index < -0.39 is 6.09 Å². The fourth-order valence-electron chi connectivity index (χ4n) is 3.26. The molecule has 1 aliphatic rings. The molecule has 1 atom stereocenters. The summed E-state index contributed by atoms with van der Waals surface area (Å²) in [4.78, 5) is 14.5. The van der Waals surface area contributed by atoms with Gasteiger partial charge in [-0.3, -0.25) is 10.2 Å². The van der Waals surface area contributed by atoms with E-state index in [0.29, 0.717) is 12.3 Å². The second-order valence-corrected chi connectivity index (χ2v) is 7.14. The van der Waals surface area contributed by atoms with Crippen LogP contribution in [0.2, 0.25) is 0 Å². The number of carbonyl (C=O) groups is 1. The Balaban J connectivity index is 1.71. The summed E-state index contributed by atoms with van der Waals surface area (Å²) in [6.07, 6.45) is 7.97. The van der Waals surface area contributed by atoms with E-state index in [-0.39, 0.29) is 6.10 Å². The third-order valence-corrected chi connectivity index (χ3v) is 4.62. The van der Waals surface area contributed by atoms with Crippen molar-refractivity contribution in [3.63, 3.8) is 0 Å². The zero-order chi connectivity index (χ0) is 18.6. The monoisotopic (exact) mass is 362 g/mol. The van der Waals surface area contributed by atoms with Crippen molar-refractivity contribution in [2.45, 2.75) is 64.9 Å². The fourth-order valence-corrected chi connectivity index (χ4v) is 3.26. The van der Waals surface area contributed by atoms with Crippen molar-refractivity contribution in [1.82, 2.24) is 4.90 Å². The highest BCUT2D eigenvalue weighted by Gasteiger charge is 2.16. The summed E-state index contributed by atoms with van der Waals surface area (Å²) < 4.78 is 11.2. The molecule has 1 aliphatic heterocycles. The molecule has 26 heavy (non-hydrogen) atoms. The number of amides is 1. The van der Waals surface area contributed by atoms with E-state index in [1.54, 1.807) is 0 Å². The zero-order valence-corrected chi connectivity index (χ0v) is 16.3. The molecule has 0 spiro atoms. The minimum absolute atomic E-state index is 0.119. The number of benzene rings is 1. The van der Waals surface area contributed by atoms with Crippen LogP contribution >= 0.6 is 0 Å². The third-order valence-electron chi connectivity index (χ3n) is 4.62. The van der Waals surface area contributed by atoms with Gasteiger partial charge in [0.1, 0.15) is 11.9 Å². The highest BCUT2D eigenvalue weighted by Crippen LogP contribution is 2.18. The van der Waals surface area contributed by atoms with Crippen molar-refractivity contribution in [3.05, 3.63) is 24.3 Å². The summed E-state index contributed by atoms with van der Waals surface area (Å²) in [6.45, 7) is 7.86. The van der Waals surface area contributed by atoms with Gasteiger partial charge in [0.15, 0.2) is 0 Å². The average molecular weight is 363 g/mol. The molecule has 0 saturated carbocycles. The Kier molecular flexibility index (Phi) is 9.32. The molecule has 1 N–H and O–H groups in total. The molecule has 1 saturated heterocycles. The van der Waals surface area contributed by atoms with Crippen molar-refractivity contribution in [3.8, 4) is 5.75 Å². The van der Waals surface area contributed by atoms with Crippen molar-refractivity contribution in [2.75, 3.05) is 31.6 Å². The molecule has 1 fully saturated rings. The summed E-state index contributed by atoms with van der Waals surface area (Å²) in [5.74, 6) is 0.778. The van der Waals surface area contributed by atoms with Gasteiger partial charge in [0.2, 0.25) is 0 Å². The van der Waals surface area contributed by atoms with Gasteiger partial charge >= 0.3 is 6.09 Å². The van der Waals surface area contributed by atoms with E-state index in [9.17, 15) is 4.79 Å². The lowest BCUT2D eigenvalue weighted by Crippen LogP contribution is -2.37. The van der Waals surface area contributed by atoms with Crippen LogP contribution in [0.15, 0.2) is 24.3 Å². The van der Waals surface area contributed by atoms with Crippen LogP contribution in [0.1, 0.15) is 58.8 Å². The molecule has 1 aromatic carbocycles. The molecule has 0 aliphatic carbocycles. The number of piperidine rings is 1. The maximum Gasteiger partial charge on any atom is 0.411 e. The van der Waals surface area contributed by atoms with E-state index >= 15 is 0 Å². The van der Waals surface area contributed by atoms with Gasteiger partial charge in [0.05, 0.1) is 6.61 Å². The number of carbonyl (C=O) groups excluding carboxylic acids is 1. The summed E-state index contributed by atoms with van der Waals surface area (Å²) in [5, 5.41) is 2.80. The quantitative estimate of drug-likeness (QED) is 0.591. The summed E-state index contributed by atoms with van der Waals surface area (Å²) in [5.41, 5.74) is 0.700. The van der Waals surface area contributed by atoms with Gasteiger partial charge in [0, 0.05) is 18.3 Å². The first-order valence-corrected chi connectivity index (χ1v) is 10.1. The number of hydrogen-bond acceptors (Lipinski definition) is 4. The van der Waals surface area contributed by atoms with Crippen LogP contribution < -0.4 is 10.1 Å². The minimum atomic E-state index is -0.408. The third kappa shape index (κ3) is 8.09. The van der Waals surface area contributed by atoms with Crippen LogP contribution in [-0.2, 0) is 4.74 Å². The van der Waals surface area contributed by atoms with Gasteiger partial charge in [-0.2, -0.15) is 0 Å². The molecule has 5 heteroatoms. The van der Waals surface area contributed by atoms with Crippen LogP contribution in [-0.4, -0.2) is 43.3 Å². The number of rotatable bonds is 10. The van der Waals surface area contributed by atoms with E-state index in [1.165, 1.54) is 38.5 Å². The molecular formula is C21H34N2O3. The summed E-state index contributed by atoms with van der Waals surface area (Å²) in [6, 6.07) is 7.49. The lowest BCUT2D eigenvalue weighted by atomic mass is 10.1. The van der Waals surface area contributed by atoms with Crippen LogP contribution in [0, 0.1) is 0 Å². The molecule has 0 unspecified atom stereocenters. The Morgan fingerprint density at radius 3 is 2.77 bits per heavy atom. The molecule has 1 aromatic rings. The summed E-state index contributed by atoms with van der Waals surface area (Å²) >= 11 is 0. The smallest absolute Gasteiger partial charge is 0.411 e. The maximum absolute atomic E-state index is 12.1. The predicted octanol–water partition coefficient (Wildman–Crippen LogP) is 5.07.